The van der Waals surface area contributed by atoms with Gasteiger partial charge in [0.15, 0.2) is 0 Å². The second kappa shape index (κ2) is 36.4. The molecule has 2 fully saturated rings. The van der Waals surface area contributed by atoms with E-state index in [-0.39, 0.29) is 61.8 Å². The lowest BCUT2D eigenvalue weighted by Crippen LogP contribution is -2.65. The summed E-state index contributed by atoms with van der Waals surface area (Å²) in [6.07, 6.45) is 10.8. The largest absolute Gasteiger partial charge is 0.379 e. The van der Waals surface area contributed by atoms with Crippen molar-refractivity contribution in [2.75, 3.05) is 52.5 Å². The minimum atomic E-state index is -1.62. The molecule has 2 heterocycles. The van der Waals surface area contributed by atoms with Crippen LogP contribution in [0, 0.1) is 17.8 Å². The van der Waals surface area contributed by atoms with Crippen molar-refractivity contribution < 1.29 is 52.7 Å². The number of carbonyl (C=O) groups is 10. The Morgan fingerprint density at radius 1 is 0.500 bits per heavy atom. The molecule has 10 amide bonds. The summed E-state index contributed by atoms with van der Waals surface area (Å²) >= 11 is 0. The topological polar surface area (TPSA) is 295 Å². The van der Waals surface area contributed by atoms with Crippen LogP contribution in [-0.2, 0) is 52.7 Å². The molecule has 22 heteroatoms. The second-order valence-corrected chi connectivity index (χ2v) is 25.5. The molecule has 0 aromatic rings. The number of nitrogens with one attached hydrogen (secondary N) is 9. The molecule has 0 bridgehead atoms. The first kappa shape index (κ1) is 72.7. The van der Waals surface area contributed by atoms with E-state index in [0.29, 0.717) is 65.0 Å². The average molecular weight is 1160 g/mol. The van der Waals surface area contributed by atoms with Crippen LogP contribution >= 0.6 is 0 Å². The lowest BCUT2D eigenvalue weighted by atomic mass is 9.96. The molecular formula is C60H109N11O11. The van der Waals surface area contributed by atoms with Gasteiger partial charge in [-0.2, -0.15) is 0 Å². The van der Waals surface area contributed by atoms with Crippen molar-refractivity contribution in [1.29, 1.82) is 0 Å². The maximum absolute atomic E-state index is 14.3. The zero-order valence-corrected chi connectivity index (χ0v) is 52.7. The van der Waals surface area contributed by atoms with Gasteiger partial charge in [-0.05, 0) is 104 Å². The van der Waals surface area contributed by atoms with E-state index in [4.69, 9.17) is 4.74 Å². The molecule has 0 spiro atoms. The van der Waals surface area contributed by atoms with E-state index in [1.807, 2.05) is 41.5 Å². The minimum absolute atomic E-state index is 0.0367. The van der Waals surface area contributed by atoms with Gasteiger partial charge in [-0.25, -0.2) is 0 Å². The molecule has 82 heavy (non-hydrogen) atoms. The van der Waals surface area contributed by atoms with Crippen LogP contribution in [0.2, 0.25) is 0 Å². The lowest BCUT2D eigenvalue weighted by Gasteiger charge is -2.34. The number of hydrogen-bond donors (Lipinski definition) is 9. The highest BCUT2D eigenvalue weighted by Crippen LogP contribution is 2.21. The van der Waals surface area contributed by atoms with Crippen LogP contribution in [0.25, 0.3) is 0 Å². The zero-order valence-electron chi connectivity index (χ0n) is 52.7. The van der Waals surface area contributed by atoms with Crippen LogP contribution in [-0.4, -0.2) is 168 Å². The normalized spacial score (nSPS) is 16.6. The second-order valence-electron chi connectivity index (χ2n) is 25.5. The van der Waals surface area contributed by atoms with Gasteiger partial charge in [0.2, 0.25) is 59.1 Å². The monoisotopic (exact) mass is 1160 g/mol. The summed E-state index contributed by atoms with van der Waals surface area (Å²) in [6.45, 7) is 29.0. The van der Waals surface area contributed by atoms with Crippen molar-refractivity contribution in [3.63, 3.8) is 0 Å². The smallest absolute Gasteiger partial charge is 0.246 e. The zero-order chi connectivity index (χ0) is 61.8. The van der Waals surface area contributed by atoms with Gasteiger partial charge in [0.25, 0.3) is 0 Å². The first-order valence-electron chi connectivity index (χ1n) is 30.8. The van der Waals surface area contributed by atoms with Gasteiger partial charge in [0.1, 0.15) is 46.8 Å². The van der Waals surface area contributed by atoms with Gasteiger partial charge in [0.05, 0.1) is 13.2 Å². The molecule has 0 saturated carbocycles. The van der Waals surface area contributed by atoms with Crippen molar-refractivity contribution in [3.8, 4) is 0 Å². The van der Waals surface area contributed by atoms with Crippen LogP contribution in [0.5, 0.6) is 0 Å². The van der Waals surface area contributed by atoms with Gasteiger partial charge in [0, 0.05) is 52.1 Å². The third kappa shape index (κ3) is 26.9. The first-order valence-corrected chi connectivity index (χ1v) is 30.8. The van der Waals surface area contributed by atoms with Crippen molar-refractivity contribution in [1.82, 2.24) is 57.7 Å². The van der Waals surface area contributed by atoms with Crippen LogP contribution in [0.1, 0.15) is 206 Å². The standard InChI is InChI=1S/C60H109N11O11/c1-15-17-19-20-21-23-25-43(63-54(78)47-26-24-31-71(47)49(73)27-22-18-16-2)50(74)64-45(38-41(5)6)52(76)67-59(11,12)56(80)66-44(37-40(3)4)51(75)65-46(39-42(7)8)53(77)68-60(13,14)57(81)69-58(9,10)55(79)62-29-28-48(72)61-30-32-70-33-35-82-36-34-70/h40-47H,15-39H2,1-14H3,(H,61,72)(H,62,79)(H,63,78)(H,64,74)(H,65,75)(H,66,80)(H,67,76)(H,68,77)(H,69,81)/t43-,44-,45-,46-,47-/m0/s1. The van der Waals surface area contributed by atoms with Crippen LogP contribution < -0.4 is 47.9 Å². The van der Waals surface area contributed by atoms with Gasteiger partial charge >= 0.3 is 0 Å². The van der Waals surface area contributed by atoms with Crippen molar-refractivity contribution in [2.45, 2.75) is 253 Å². The van der Waals surface area contributed by atoms with E-state index in [0.717, 1.165) is 64.5 Å². The van der Waals surface area contributed by atoms with Crippen LogP contribution in [0.15, 0.2) is 0 Å². The maximum Gasteiger partial charge on any atom is 0.246 e. The number of unbranched alkanes of at least 4 members (excludes halogenated alkanes) is 7. The van der Waals surface area contributed by atoms with Crippen LogP contribution in [0.3, 0.4) is 0 Å². The van der Waals surface area contributed by atoms with E-state index in [2.05, 4.69) is 66.6 Å². The number of hydrogen-bond acceptors (Lipinski definition) is 12. The molecular weight excluding hydrogens is 1050 g/mol. The van der Waals surface area contributed by atoms with Crippen molar-refractivity contribution >= 4 is 59.1 Å². The molecule has 0 aliphatic carbocycles. The molecule has 2 aliphatic rings. The summed E-state index contributed by atoms with van der Waals surface area (Å²) in [6, 6.07) is -5.09. The fourth-order valence-corrected chi connectivity index (χ4v) is 9.84. The number of rotatable bonds is 38. The molecule has 2 saturated heterocycles. The Morgan fingerprint density at radius 3 is 1.54 bits per heavy atom. The Kier molecular flexibility index (Phi) is 32.2. The first-order chi connectivity index (χ1) is 38.4. The van der Waals surface area contributed by atoms with Crippen molar-refractivity contribution in [3.05, 3.63) is 0 Å². The molecule has 5 atom stereocenters. The summed E-state index contributed by atoms with van der Waals surface area (Å²) in [4.78, 5) is 141. The summed E-state index contributed by atoms with van der Waals surface area (Å²) in [5, 5.41) is 25.2. The Morgan fingerprint density at radius 2 is 0.988 bits per heavy atom. The van der Waals surface area contributed by atoms with Crippen LogP contribution in [0.4, 0.5) is 0 Å². The summed E-state index contributed by atoms with van der Waals surface area (Å²) in [5.74, 6) is -5.44. The Bertz CT molecular complexity index is 2070. The SMILES string of the molecule is CCCCCCCC[C@H](NC(=O)[C@@H]1CCCN1C(=O)CCCCC)C(=O)N[C@@H](CC(C)C)C(=O)NC(C)(C)C(=O)N[C@@H](CC(C)C)C(=O)N[C@@H](CC(C)C)C(=O)NC(C)(C)C(=O)NC(C)(C)C(=O)NCCC(=O)NCCN1CCOCC1. The molecule has 22 nitrogen and oxygen atoms in total. The number of ether oxygens (including phenoxy) is 1. The number of nitrogens with zero attached hydrogens (tertiary/aromatic N) is 2. The third-order valence-corrected chi connectivity index (χ3v) is 14.9. The third-order valence-electron chi connectivity index (χ3n) is 14.9. The van der Waals surface area contributed by atoms with E-state index in [1.165, 1.54) is 41.5 Å². The Labute approximate surface area is 490 Å². The molecule has 470 valence electrons. The quantitative estimate of drug-likeness (QED) is 0.0397. The van der Waals surface area contributed by atoms with Gasteiger partial charge in [-0.3, -0.25) is 52.8 Å². The van der Waals surface area contributed by atoms with E-state index >= 15 is 0 Å². The van der Waals surface area contributed by atoms with Gasteiger partial charge in [-0.1, -0.05) is 107 Å². The molecule has 0 aromatic heterocycles. The minimum Gasteiger partial charge on any atom is -0.379 e. The van der Waals surface area contributed by atoms with Gasteiger partial charge < -0.3 is 57.5 Å². The molecule has 9 N–H and O–H groups in total. The number of amides is 10. The highest BCUT2D eigenvalue weighted by atomic mass is 16.5. The lowest BCUT2D eigenvalue weighted by molar-refractivity contribution is -0.140. The predicted molar refractivity (Wildman–Crippen MR) is 318 cm³/mol. The fraction of sp³-hybridized carbons (Fsp3) is 0.833. The van der Waals surface area contributed by atoms with E-state index in [1.54, 1.807) is 4.90 Å². The van der Waals surface area contributed by atoms with E-state index in [9.17, 15) is 47.9 Å². The molecule has 0 unspecified atom stereocenters. The summed E-state index contributed by atoms with van der Waals surface area (Å²) in [5.41, 5.74) is -4.65. The molecule has 0 aromatic carbocycles. The molecule has 2 rings (SSSR count). The van der Waals surface area contributed by atoms with E-state index < -0.39 is 94.1 Å². The number of morpholine rings is 1. The highest BCUT2D eigenvalue weighted by molar-refractivity contribution is 6.00. The van der Waals surface area contributed by atoms with Gasteiger partial charge in [-0.15, -0.1) is 0 Å². The summed E-state index contributed by atoms with van der Waals surface area (Å²) in [7, 11) is 0. The number of carbonyl (C=O) groups excluding carboxylic acids is 10. The fourth-order valence-electron chi connectivity index (χ4n) is 9.84. The average Bonchev–Trinajstić information content (AvgIpc) is 4.04. The Hall–Kier alpha value is -5.38. The molecule has 0 radical (unpaired) electrons. The highest BCUT2D eigenvalue weighted by Gasteiger charge is 2.41. The predicted octanol–water partition coefficient (Wildman–Crippen LogP) is 4.02. The van der Waals surface area contributed by atoms with Crippen molar-refractivity contribution in [2.24, 2.45) is 17.8 Å². The maximum atomic E-state index is 14.3. The Balaban J connectivity index is 2.18. The number of likely N-dealkylation sites (tertiary alicyclic amines) is 1. The molecule has 2 aliphatic heterocycles. The summed E-state index contributed by atoms with van der Waals surface area (Å²) < 4.78 is 5.35.